The number of aromatic nitrogens is 3. The van der Waals surface area contributed by atoms with Crippen LogP contribution in [0.25, 0.3) is 11.3 Å². The van der Waals surface area contributed by atoms with Gasteiger partial charge >= 0.3 is 0 Å². The van der Waals surface area contributed by atoms with Crippen molar-refractivity contribution < 1.29 is 0 Å². The summed E-state index contributed by atoms with van der Waals surface area (Å²) >= 11 is 3.61. The number of rotatable bonds is 4. The molecule has 0 saturated carbocycles. The maximum atomic E-state index is 12.6. The van der Waals surface area contributed by atoms with Crippen LogP contribution in [0.5, 0.6) is 0 Å². The quantitative estimate of drug-likeness (QED) is 0.659. The molecule has 3 aromatic rings. The van der Waals surface area contributed by atoms with E-state index in [2.05, 4.69) is 44.0 Å². The summed E-state index contributed by atoms with van der Waals surface area (Å²) in [6.45, 7) is 2.47. The molecule has 0 unspecified atom stereocenters. The van der Waals surface area contributed by atoms with E-state index in [9.17, 15) is 4.79 Å². The summed E-state index contributed by atoms with van der Waals surface area (Å²) in [5.41, 5.74) is 2.89. The molecule has 132 valence electrons. The summed E-state index contributed by atoms with van der Waals surface area (Å²) in [6, 6.07) is 13.6. The highest BCUT2D eigenvalue weighted by atomic mass is 79.9. The van der Waals surface area contributed by atoms with Crippen molar-refractivity contribution in [2.45, 2.75) is 19.4 Å². The van der Waals surface area contributed by atoms with E-state index >= 15 is 0 Å². The van der Waals surface area contributed by atoms with Crippen LogP contribution < -0.4 is 10.5 Å². The highest BCUT2D eigenvalue weighted by Crippen LogP contribution is 2.23. The van der Waals surface area contributed by atoms with E-state index < -0.39 is 0 Å². The topological polar surface area (TPSA) is 51.0 Å². The van der Waals surface area contributed by atoms with Gasteiger partial charge in [0.1, 0.15) is 0 Å². The minimum absolute atomic E-state index is 0.00686. The van der Waals surface area contributed by atoms with Crippen molar-refractivity contribution in [3.05, 3.63) is 75.2 Å². The van der Waals surface area contributed by atoms with Gasteiger partial charge in [0.2, 0.25) is 5.95 Å². The molecule has 0 amide bonds. The van der Waals surface area contributed by atoms with Crippen LogP contribution in [0, 0.1) is 0 Å². The molecule has 26 heavy (non-hydrogen) atoms. The zero-order chi connectivity index (χ0) is 17.9. The number of benzene rings is 1. The van der Waals surface area contributed by atoms with E-state index in [0.717, 1.165) is 48.5 Å². The summed E-state index contributed by atoms with van der Waals surface area (Å²) in [5, 5.41) is 0. The Hall–Kier alpha value is -2.47. The first-order valence-corrected chi connectivity index (χ1v) is 9.52. The van der Waals surface area contributed by atoms with E-state index in [1.807, 2.05) is 18.2 Å². The lowest BCUT2D eigenvalue weighted by molar-refractivity contribution is 0.532. The van der Waals surface area contributed by atoms with Gasteiger partial charge in [0.05, 0.1) is 5.69 Å². The Morgan fingerprint density at radius 1 is 1.08 bits per heavy atom. The van der Waals surface area contributed by atoms with Gasteiger partial charge in [-0.1, -0.05) is 34.1 Å². The van der Waals surface area contributed by atoms with Crippen LogP contribution in [0.4, 0.5) is 5.95 Å². The molecule has 0 fully saturated rings. The van der Waals surface area contributed by atoms with Crippen molar-refractivity contribution in [3.8, 4) is 11.3 Å². The lowest BCUT2D eigenvalue weighted by Gasteiger charge is -2.31. The molecule has 0 spiro atoms. The molecule has 0 N–H and O–H groups in total. The number of nitrogens with zero attached hydrogens (tertiary/aromatic N) is 4. The molecule has 3 heterocycles. The van der Waals surface area contributed by atoms with E-state index in [1.165, 1.54) is 5.56 Å². The lowest BCUT2D eigenvalue weighted by atomic mass is 10.1. The van der Waals surface area contributed by atoms with Gasteiger partial charge in [-0.2, -0.15) is 0 Å². The van der Waals surface area contributed by atoms with Crippen molar-refractivity contribution in [2.24, 2.45) is 0 Å². The third-order valence-electron chi connectivity index (χ3n) is 4.67. The second-order valence-electron chi connectivity index (χ2n) is 6.35. The summed E-state index contributed by atoms with van der Waals surface area (Å²) in [4.78, 5) is 23.7. The molecule has 0 saturated heterocycles. The van der Waals surface area contributed by atoms with Crippen LogP contribution in [0.2, 0.25) is 0 Å². The van der Waals surface area contributed by atoms with Crippen molar-refractivity contribution in [1.82, 2.24) is 14.5 Å². The maximum absolute atomic E-state index is 12.6. The molecule has 0 radical (unpaired) electrons. The first-order chi connectivity index (χ1) is 12.7. The minimum Gasteiger partial charge on any atom is -0.342 e. The third kappa shape index (κ3) is 3.42. The Morgan fingerprint density at radius 3 is 2.69 bits per heavy atom. The van der Waals surface area contributed by atoms with Crippen LogP contribution in [0.1, 0.15) is 12.0 Å². The normalized spacial score (nSPS) is 13.5. The number of hydrogen-bond acceptors (Lipinski definition) is 4. The van der Waals surface area contributed by atoms with Gasteiger partial charge in [-0.15, -0.1) is 0 Å². The van der Waals surface area contributed by atoms with Crippen molar-refractivity contribution >= 4 is 21.9 Å². The molecule has 0 bridgehead atoms. The van der Waals surface area contributed by atoms with Gasteiger partial charge in [-0.05, 0) is 36.6 Å². The fourth-order valence-electron chi connectivity index (χ4n) is 3.30. The molecule has 1 aliphatic heterocycles. The predicted molar refractivity (Wildman–Crippen MR) is 106 cm³/mol. The molecule has 5 nitrogen and oxygen atoms in total. The Bertz CT molecular complexity index is 971. The zero-order valence-corrected chi connectivity index (χ0v) is 15.9. The molecule has 0 atom stereocenters. The minimum atomic E-state index is 0.00686. The summed E-state index contributed by atoms with van der Waals surface area (Å²) in [5.74, 6) is 0.766. The van der Waals surface area contributed by atoms with Gasteiger partial charge in [0.15, 0.2) is 0 Å². The number of fused-ring (bicyclic) bond motifs is 1. The molecule has 4 rings (SSSR count). The summed E-state index contributed by atoms with van der Waals surface area (Å²) < 4.78 is 2.90. The first-order valence-electron chi connectivity index (χ1n) is 8.73. The van der Waals surface area contributed by atoms with Crippen LogP contribution in [0.15, 0.2) is 64.1 Å². The van der Waals surface area contributed by atoms with E-state index in [-0.39, 0.29) is 5.56 Å². The average Bonchev–Trinajstić information content (AvgIpc) is 2.68. The second kappa shape index (κ2) is 7.41. The maximum Gasteiger partial charge on any atom is 0.255 e. The molecular formula is C20H19BrN4O. The Kier molecular flexibility index (Phi) is 4.84. The number of anilines is 1. The van der Waals surface area contributed by atoms with Crippen LogP contribution >= 0.6 is 15.9 Å². The van der Waals surface area contributed by atoms with Gasteiger partial charge in [-0.25, -0.2) is 4.98 Å². The number of halogens is 1. The number of hydrogen-bond donors (Lipinski definition) is 0. The fraction of sp³-hybridized carbons (Fsp3) is 0.250. The van der Waals surface area contributed by atoms with E-state index in [0.29, 0.717) is 5.69 Å². The first kappa shape index (κ1) is 17.0. The SMILES string of the molecule is O=c1cc(-c2ccncc2)nc2n1CCCN2CCc1ccccc1Br. The smallest absolute Gasteiger partial charge is 0.255 e. The molecule has 0 aliphatic carbocycles. The largest absolute Gasteiger partial charge is 0.342 e. The highest BCUT2D eigenvalue weighted by Gasteiger charge is 2.20. The molecule has 1 aliphatic rings. The van der Waals surface area contributed by atoms with Crippen LogP contribution in [0.3, 0.4) is 0 Å². The monoisotopic (exact) mass is 410 g/mol. The Morgan fingerprint density at radius 2 is 1.88 bits per heavy atom. The van der Waals surface area contributed by atoms with Gasteiger partial charge in [0.25, 0.3) is 5.56 Å². The Balaban J connectivity index is 1.65. The van der Waals surface area contributed by atoms with Gasteiger partial charge in [0, 0.05) is 48.1 Å². The van der Waals surface area contributed by atoms with Crippen molar-refractivity contribution in [2.75, 3.05) is 18.0 Å². The third-order valence-corrected chi connectivity index (χ3v) is 5.44. The summed E-state index contributed by atoms with van der Waals surface area (Å²) in [6.07, 6.45) is 5.30. The average molecular weight is 411 g/mol. The van der Waals surface area contributed by atoms with E-state index in [1.54, 1.807) is 23.0 Å². The van der Waals surface area contributed by atoms with Crippen LogP contribution in [-0.4, -0.2) is 27.6 Å². The van der Waals surface area contributed by atoms with Crippen molar-refractivity contribution in [3.63, 3.8) is 0 Å². The molecule has 1 aromatic carbocycles. The standard InChI is InChI=1S/C20H19BrN4O/c21-17-5-2-1-4-15(17)8-13-24-11-3-12-25-19(26)14-18(23-20(24)25)16-6-9-22-10-7-16/h1-2,4-7,9-10,14H,3,8,11-13H2. The second-order valence-corrected chi connectivity index (χ2v) is 7.20. The van der Waals surface area contributed by atoms with Gasteiger partial charge < -0.3 is 4.90 Å². The number of pyridine rings is 1. The fourth-order valence-corrected chi connectivity index (χ4v) is 3.79. The van der Waals surface area contributed by atoms with Crippen LogP contribution in [-0.2, 0) is 13.0 Å². The highest BCUT2D eigenvalue weighted by molar-refractivity contribution is 9.10. The van der Waals surface area contributed by atoms with E-state index in [4.69, 9.17) is 4.98 Å². The van der Waals surface area contributed by atoms with Crippen molar-refractivity contribution in [1.29, 1.82) is 0 Å². The predicted octanol–water partition coefficient (Wildman–Crippen LogP) is 3.52. The molecule has 6 heteroatoms. The Labute approximate surface area is 160 Å². The molecular weight excluding hydrogens is 392 g/mol. The zero-order valence-electron chi connectivity index (χ0n) is 14.3. The van der Waals surface area contributed by atoms with Gasteiger partial charge in [-0.3, -0.25) is 14.3 Å². The molecule has 2 aromatic heterocycles. The summed E-state index contributed by atoms with van der Waals surface area (Å²) in [7, 11) is 0. The lowest BCUT2D eigenvalue weighted by Crippen LogP contribution is -2.39.